The molecule has 0 spiro atoms. The zero-order chi connectivity index (χ0) is 22.6. The molecule has 0 aromatic carbocycles. The third-order valence-electron chi connectivity index (χ3n) is 9.60. The molecular weight excluding hydrogens is 404 g/mol. The van der Waals surface area contributed by atoms with Gasteiger partial charge < -0.3 is 15.3 Å². The number of hydrogen-bond donors (Lipinski definition) is 3. The Bertz CT molecular complexity index is 737. The summed E-state index contributed by atoms with van der Waals surface area (Å²) in [6.07, 6.45) is 12.0. The highest BCUT2D eigenvalue weighted by molar-refractivity contribution is 7.99. The van der Waals surface area contributed by atoms with E-state index in [4.69, 9.17) is 0 Å². The van der Waals surface area contributed by atoms with E-state index in [0.29, 0.717) is 28.9 Å². The van der Waals surface area contributed by atoms with Crippen LogP contribution in [-0.4, -0.2) is 44.1 Å². The van der Waals surface area contributed by atoms with Gasteiger partial charge in [-0.1, -0.05) is 44.1 Å². The van der Waals surface area contributed by atoms with E-state index < -0.39 is 17.8 Å². The number of fused-ring (bicyclic) bond motifs is 5. The van der Waals surface area contributed by atoms with Crippen LogP contribution < -0.4 is 0 Å². The summed E-state index contributed by atoms with van der Waals surface area (Å²) in [6.45, 7) is 11.1. The van der Waals surface area contributed by atoms with Gasteiger partial charge in [-0.15, -0.1) is 0 Å². The van der Waals surface area contributed by atoms with E-state index >= 15 is 0 Å². The molecule has 3 fully saturated rings. The van der Waals surface area contributed by atoms with Crippen molar-refractivity contribution in [3.63, 3.8) is 0 Å². The normalized spacial score (nSPS) is 43.4. The maximum atomic E-state index is 11.0. The zero-order valence-corrected chi connectivity index (χ0v) is 21.0. The number of hydrogen-bond acceptors (Lipinski definition) is 4. The fourth-order valence-electron chi connectivity index (χ4n) is 7.75. The molecule has 0 aliphatic heterocycles. The molecule has 0 aromatic rings. The highest BCUT2D eigenvalue weighted by Crippen LogP contribution is 2.66. The average Bonchev–Trinajstić information content (AvgIpc) is 3.03. The van der Waals surface area contributed by atoms with Crippen molar-refractivity contribution in [3.8, 4) is 0 Å². The summed E-state index contributed by atoms with van der Waals surface area (Å²) >= 11 is 2.11. The molecule has 4 rings (SSSR count). The Kier molecular flexibility index (Phi) is 6.53. The van der Waals surface area contributed by atoms with Crippen molar-refractivity contribution in [2.75, 3.05) is 5.75 Å². The van der Waals surface area contributed by atoms with Crippen LogP contribution in [0.4, 0.5) is 0 Å². The summed E-state index contributed by atoms with van der Waals surface area (Å²) in [6, 6.07) is 0. The Morgan fingerprint density at radius 2 is 1.87 bits per heavy atom. The molecule has 31 heavy (non-hydrogen) atoms. The van der Waals surface area contributed by atoms with Crippen molar-refractivity contribution in [3.05, 3.63) is 23.3 Å². The summed E-state index contributed by atoms with van der Waals surface area (Å²) in [4.78, 5) is 0. The number of allylic oxidation sites excluding steroid dienone is 3. The van der Waals surface area contributed by atoms with Crippen molar-refractivity contribution in [1.82, 2.24) is 0 Å². The highest BCUT2D eigenvalue weighted by atomic mass is 32.2. The Balaban J connectivity index is 1.48. The topological polar surface area (TPSA) is 60.7 Å². The molecule has 0 amide bonds. The summed E-state index contributed by atoms with van der Waals surface area (Å²) in [5, 5.41) is 31.9. The molecule has 0 aromatic heterocycles. The van der Waals surface area contributed by atoms with E-state index in [9.17, 15) is 15.3 Å². The van der Waals surface area contributed by atoms with Crippen molar-refractivity contribution in [1.29, 1.82) is 0 Å². The first-order valence-corrected chi connectivity index (χ1v) is 13.6. The fourth-order valence-corrected chi connectivity index (χ4v) is 9.11. The average molecular weight is 449 g/mol. The van der Waals surface area contributed by atoms with Crippen molar-refractivity contribution >= 4 is 11.8 Å². The number of aliphatic hydroxyl groups excluding tert-OH is 2. The zero-order valence-electron chi connectivity index (χ0n) is 20.2. The summed E-state index contributed by atoms with van der Waals surface area (Å²) in [5.74, 6) is 2.93. The first kappa shape index (κ1) is 23.9. The lowest BCUT2D eigenvalue weighted by atomic mass is 9.49. The van der Waals surface area contributed by atoms with Crippen molar-refractivity contribution < 1.29 is 15.3 Å². The third kappa shape index (κ3) is 4.20. The standard InChI is InChI=1S/C27H44O3S/c1-17(31-14-6-12-25(2,3)30)21-9-10-22-20-8-7-18-15-19(28)16-24(29)27(18,5)23(20)11-13-26(21,22)4/h7-8,17,19,21-24,28-30H,6,9-16H2,1-5H3/t17-,19+,21+,22-,23-,24-,26+,27-/m0/s1. The Morgan fingerprint density at radius 3 is 2.58 bits per heavy atom. The first-order chi connectivity index (χ1) is 14.5. The lowest BCUT2D eigenvalue weighted by Crippen LogP contribution is -2.52. The number of aliphatic hydroxyl groups is 3. The SMILES string of the molecule is C[C@H](SCCCC(C)(C)O)[C@H]1CC[C@H]2C3=CC=C4C[C@@H](O)C[C@H](O)[C@]4(C)[C@H]3CC[C@]12C. The van der Waals surface area contributed by atoms with Crippen molar-refractivity contribution in [2.45, 2.75) is 109 Å². The molecule has 0 radical (unpaired) electrons. The molecule has 4 aliphatic carbocycles. The van der Waals surface area contributed by atoms with Gasteiger partial charge in [0.2, 0.25) is 0 Å². The van der Waals surface area contributed by atoms with Gasteiger partial charge in [0, 0.05) is 17.1 Å². The maximum absolute atomic E-state index is 11.0. The molecule has 4 aliphatic rings. The molecule has 4 heteroatoms. The van der Waals surface area contributed by atoms with Crippen LogP contribution in [0.2, 0.25) is 0 Å². The lowest BCUT2D eigenvalue weighted by Gasteiger charge is -2.56. The van der Waals surface area contributed by atoms with Crippen LogP contribution in [0.25, 0.3) is 0 Å². The molecule has 8 atom stereocenters. The first-order valence-electron chi connectivity index (χ1n) is 12.6. The van der Waals surface area contributed by atoms with Gasteiger partial charge in [0.05, 0.1) is 17.8 Å². The van der Waals surface area contributed by atoms with Gasteiger partial charge in [-0.05, 0) is 87.7 Å². The fraction of sp³-hybridized carbons (Fsp3) is 0.852. The van der Waals surface area contributed by atoms with E-state index in [1.165, 1.54) is 24.8 Å². The largest absolute Gasteiger partial charge is 0.393 e. The second kappa shape index (κ2) is 8.49. The molecule has 0 unspecified atom stereocenters. The van der Waals surface area contributed by atoms with Gasteiger partial charge in [-0.25, -0.2) is 0 Å². The van der Waals surface area contributed by atoms with Gasteiger partial charge >= 0.3 is 0 Å². The van der Waals surface area contributed by atoms with Gasteiger partial charge in [0.15, 0.2) is 0 Å². The van der Waals surface area contributed by atoms with Crippen LogP contribution in [0.5, 0.6) is 0 Å². The van der Waals surface area contributed by atoms with Gasteiger partial charge in [0.25, 0.3) is 0 Å². The van der Waals surface area contributed by atoms with Crippen LogP contribution in [0.1, 0.15) is 86.0 Å². The smallest absolute Gasteiger partial charge is 0.0661 e. The molecule has 176 valence electrons. The van der Waals surface area contributed by atoms with Crippen LogP contribution in [0.3, 0.4) is 0 Å². The summed E-state index contributed by atoms with van der Waals surface area (Å²) in [7, 11) is 0. The van der Waals surface area contributed by atoms with E-state index in [2.05, 4.69) is 44.7 Å². The Morgan fingerprint density at radius 1 is 1.13 bits per heavy atom. The van der Waals surface area contributed by atoms with Crippen LogP contribution in [-0.2, 0) is 0 Å². The molecule has 3 N–H and O–H groups in total. The minimum Gasteiger partial charge on any atom is -0.393 e. The van der Waals surface area contributed by atoms with Crippen LogP contribution in [0.15, 0.2) is 23.3 Å². The maximum Gasteiger partial charge on any atom is 0.0661 e. The van der Waals surface area contributed by atoms with Gasteiger partial charge in [-0.2, -0.15) is 11.8 Å². The van der Waals surface area contributed by atoms with E-state index in [1.807, 2.05) is 13.8 Å². The predicted molar refractivity (Wildman–Crippen MR) is 130 cm³/mol. The monoisotopic (exact) mass is 448 g/mol. The summed E-state index contributed by atoms with van der Waals surface area (Å²) < 4.78 is 0. The molecule has 0 bridgehead atoms. The van der Waals surface area contributed by atoms with E-state index in [1.54, 1.807) is 5.57 Å². The second-order valence-electron chi connectivity index (χ2n) is 12.1. The third-order valence-corrected chi connectivity index (χ3v) is 11.0. The van der Waals surface area contributed by atoms with Crippen LogP contribution in [0, 0.1) is 28.6 Å². The molecule has 0 saturated heterocycles. The predicted octanol–water partition coefficient (Wildman–Crippen LogP) is 5.49. The molecule has 3 saturated carbocycles. The molecular formula is C27H44O3S. The molecule has 3 nitrogen and oxygen atoms in total. The lowest BCUT2D eigenvalue weighted by molar-refractivity contribution is -0.0526. The van der Waals surface area contributed by atoms with E-state index in [0.717, 1.165) is 37.4 Å². The van der Waals surface area contributed by atoms with Gasteiger partial charge in [-0.3, -0.25) is 0 Å². The molecule has 0 heterocycles. The summed E-state index contributed by atoms with van der Waals surface area (Å²) in [5.41, 5.74) is 2.47. The Labute approximate surface area is 193 Å². The van der Waals surface area contributed by atoms with E-state index in [-0.39, 0.29) is 5.41 Å². The van der Waals surface area contributed by atoms with Gasteiger partial charge in [0.1, 0.15) is 0 Å². The van der Waals surface area contributed by atoms with Crippen molar-refractivity contribution in [2.24, 2.45) is 28.6 Å². The second-order valence-corrected chi connectivity index (χ2v) is 13.6. The quantitative estimate of drug-likeness (QED) is 0.470. The minimum atomic E-state index is -0.553. The highest BCUT2D eigenvalue weighted by Gasteiger charge is 2.58. The minimum absolute atomic E-state index is 0.194. The van der Waals surface area contributed by atoms with Crippen LogP contribution >= 0.6 is 11.8 Å². The number of thioether (sulfide) groups is 1. The Hall–Kier alpha value is -0.290. The number of rotatable bonds is 6.